The lowest BCUT2D eigenvalue weighted by atomic mass is 10.1. The third-order valence-corrected chi connectivity index (χ3v) is 4.35. The van der Waals surface area contributed by atoms with Crippen molar-refractivity contribution in [2.45, 2.75) is 77.7 Å². The van der Waals surface area contributed by atoms with Crippen LogP contribution in [-0.4, -0.2) is 33.0 Å². The van der Waals surface area contributed by atoms with Crippen molar-refractivity contribution in [2.75, 3.05) is 18.6 Å². The minimum Gasteiger partial charge on any atom is -0.313 e. The predicted molar refractivity (Wildman–Crippen MR) is 84.4 cm³/mol. The first kappa shape index (κ1) is 18.9. The van der Waals surface area contributed by atoms with Crippen molar-refractivity contribution in [3.05, 3.63) is 0 Å². The third kappa shape index (κ3) is 14.1. The highest BCUT2D eigenvalue weighted by atomic mass is 32.2. The summed E-state index contributed by atoms with van der Waals surface area (Å²) in [6, 6.07) is 0.144. The molecule has 0 fully saturated rings. The minimum atomic E-state index is -2.87. The molecule has 0 rings (SSSR count). The molecule has 116 valence electrons. The van der Waals surface area contributed by atoms with Gasteiger partial charge in [-0.3, -0.25) is 0 Å². The molecule has 19 heavy (non-hydrogen) atoms. The molecule has 4 heteroatoms. The Kier molecular flexibility index (Phi) is 11.7. The molecule has 0 bridgehead atoms. The van der Waals surface area contributed by atoms with E-state index < -0.39 is 9.84 Å². The van der Waals surface area contributed by atoms with Gasteiger partial charge >= 0.3 is 0 Å². The van der Waals surface area contributed by atoms with Crippen molar-refractivity contribution in [3.8, 4) is 0 Å². The maximum absolute atomic E-state index is 11.4. The highest BCUT2D eigenvalue weighted by molar-refractivity contribution is 7.90. The van der Waals surface area contributed by atoms with E-state index in [1.165, 1.54) is 44.8 Å². The van der Waals surface area contributed by atoms with Crippen LogP contribution in [0.2, 0.25) is 0 Å². The Balaban J connectivity index is 3.73. The largest absolute Gasteiger partial charge is 0.313 e. The molecule has 1 unspecified atom stereocenters. The number of nitrogens with one attached hydrogen (secondary N) is 1. The number of sulfone groups is 1. The van der Waals surface area contributed by atoms with E-state index in [2.05, 4.69) is 19.2 Å². The molecule has 0 saturated heterocycles. The second-order valence-corrected chi connectivity index (χ2v) is 7.84. The zero-order valence-electron chi connectivity index (χ0n) is 13.1. The van der Waals surface area contributed by atoms with Gasteiger partial charge in [-0.05, 0) is 19.4 Å². The Morgan fingerprint density at radius 3 is 2.00 bits per heavy atom. The molecule has 0 saturated carbocycles. The molecular weight excluding hydrogens is 258 g/mol. The van der Waals surface area contributed by atoms with Crippen molar-refractivity contribution < 1.29 is 8.42 Å². The van der Waals surface area contributed by atoms with Crippen LogP contribution < -0.4 is 5.32 Å². The average Bonchev–Trinajstić information content (AvgIpc) is 2.33. The predicted octanol–water partition coefficient (Wildman–Crippen LogP) is 3.54. The van der Waals surface area contributed by atoms with Gasteiger partial charge in [-0.1, -0.05) is 58.8 Å². The first-order valence-corrected chi connectivity index (χ1v) is 9.96. The average molecular weight is 292 g/mol. The lowest BCUT2D eigenvalue weighted by molar-refractivity contribution is 0.474. The molecule has 0 aliphatic rings. The zero-order chi connectivity index (χ0) is 14.6. The summed E-state index contributed by atoms with van der Waals surface area (Å²) in [5.41, 5.74) is 0. The van der Waals surface area contributed by atoms with Crippen molar-refractivity contribution in [2.24, 2.45) is 0 Å². The van der Waals surface area contributed by atoms with Gasteiger partial charge in [0.05, 0.1) is 5.75 Å². The molecule has 0 spiro atoms. The normalized spacial score (nSPS) is 13.6. The summed E-state index contributed by atoms with van der Waals surface area (Å²) in [5, 5.41) is 3.36. The Morgan fingerprint density at radius 2 is 1.47 bits per heavy atom. The first-order valence-electron chi connectivity index (χ1n) is 7.90. The summed E-state index contributed by atoms with van der Waals surface area (Å²) in [6.45, 7) is 5.25. The van der Waals surface area contributed by atoms with Crippen LogP contribution in [-0.2, 0) is 9.84 Å². The Bertz CT molecular complexity index is 289. The van der Waals surface area contributed by atoms with Crippen LogP contribution in [0.5, 0.6) is 0 Å². The summed E-state index contributed by atoms with van der Waals surface area (Å²) < 4.78 is 22.7. The summed E-state index contributed by atoms with van der Waals surface area (Å²) in [5.74, 6) is 0.281. The van der Waals surface area contributed by atoms with Crippen molar-refractivity contribution in [3.63, 3.8) is 0 Å². The Hall–Kier alpha value is -0.0900. The van der Waals surface area contributed by atoms with Gasteiger partial charge in [0.1, 0.15) is 9.84 Å². The molecule has 0 amide bonds. The fourth-order valence-electron chi connectivity index (χ4n) is 2.31. The third-order valence-electron chi connectivity index (χ3n) is 3.34. The quantitative estimate of drug-likeness (QED) is 0.528. The van der Waals surface area contributed by atoms with Gasteiger partial charge < -0.3 is 5.32 Å². The van der Waals surface area contributed by atoms with Crippen LogP contribution in [0.1, 0.15) is 71.6 Å². The summed E-state index contributed by atoms with van der Waals surface area (Å²) >= 11 is 0. The van der Waals surface area contributed by atoms with E-state index in [1.54, 1.807) is 0 Å². The van der Waals surface area contributed by atoms with Crippen LogP contribution in [0.25, 0.3) is 0 Å². The fourth-order valence-corrected chi connectivity index (χ4v) is 3.32. The van der Waals surface area contributed by atoms with E-state index >= 15 is 0 Å². The maximum atomic E-state index is 11.4. The van der Waals surface area contributed by atoms with Crippen molar-refractivity contribution in [1.29, 1.82) is 0 Å². The fraction of sp³-hybridized carbons (Fsp3) is 1.00. The molecule has 0 radical (unpaired) electrons. The van der Waals surface area contributed by atoms with Gasteiger partial charge in [-0.25, -0.2) is 8.42 Å². The molecule has 1 N–H and O–H groups in total. The van der Waals surface area contributed by atoms with Crippen LogP contribution in [0.3, 0.4) is 0 Å². The molecule has 0 aliphatic carbocycles. The van der Waals surface area contributed by atoms with Gasteiger partial charge in [0.25, 0.3) is 0 Å². The van der Waals surface area contributed by atoms with E-state index in [1.807, 2.05) is 0 Å². The van der Waals surface area contributed by atoms with Gasteiger partial charge in [-0.15, -0.1) is 0 Å². The molecule has 0 heterocycles. The van der Waals surface area contributed by atoms with Gasteiger partial charge in [-0.2, -0.15) is 0 Å². The van der Waals surface area contributed by atoms with Gasteiger partial charge in [0.2, 0.25) is 0 Å². The smallest absolute Gasteiger partial charge is 0.148 e. The first-order chi connectivity index (χ1) is 8.99. The molecule has 1 atom stereocenters. The summed E-state index contributed by atoms with van der Waals surface area (Å²) in [7, 11) is -2.87. The van der Waals surface area contributed by atoms with Crippen LogP contribution in [0.15, 0.2) is 0 Å². The van der Waals surface area contributed by atoms with Gasteiger partial charge in [0.15, 0.2) is 0 Å². The summed E-state index contributed by atoms with van der Waals surface area (Å²) in [6.07, 6.45) is 12.3. The maximum Gasteiger partial charge on any atom is 0.148 e. The highest BCUT2D eigenvalue weighted by Gasteiger charge is 2.13. The molecule has 0 aromatic rings. The molecule has 0 aromatic heterocycles. The monoisotopic (exact) mass is 291 g/mol. The highest BCUT2D eigenvalue weighted by Crippen LogP contribution is 2.10. The number of hydrogen-bond donors (Lipinski definition) is 1. The van der Waals surface area contributed by atoms with Crippen LogP contribution >= 0.6 is 0 Å². The molecular formula is C15H33NO2S. The molecule has 0 aromatic carbocycles. The second-order valence-electron chi connectivity index (χ2n) is 5.65. The van der Waals surface area contributed by atoms with Crippen molar-refractivity contribution in [1.82, 2.24) is 5.32 Å². The summed E-state index contributed by atoms with van der Waals surface area (Å²) in [4.78, 5) is 0. The lowest BCUT2D eigenvalue weighted by Crippen LogP contribution is -2.35. The van der Waals surface area contributed by atoms with E-state index in [0.717, 1.165) is 25.8 Å². The topological polar surface area (TPSA) is 46.2 Å². The van der Waals surface area contributed by atoms with Gasteiger partial charge in [0, 0.05) is 12.3 Å². The molecule has 3 nitrogen and oxygen atoms in total. The van der Waals surface area contributed by atoms with E-state index in [4.69, 9.17) is 0 Å². The van der Waals surface area contributed by atoms with Crippen LogP contribution in [0.4, 0.5) is 0 Å². The second kappa shape index (κ2) is 11.7. The number of hydrogen-bond acceptors (Lipinski definition) is 3. The number of rotatable bonds is 13. The Morgan fingerprint density at radius 1 is 0.895 bits per heavy atom. The lowest BCUT2D eigenvalue weighted by Gasteiger charge is -2.17. The number of unbranched alkanes of at least 4 members (excludes halogenated alkanes) is 6. The van der Waals surface area contributed by atoms with E-state index in [9.17, 15) is 8.42 Å². The van der Waals surface area contributed by atoms with Crippen molar-refractivity contribution >= 4 is 9.84 Å². The molecule has 0 aliphatic heterocycles. The minimum absolute atomic E-state index is 0.144. The van der Waals surface area contributed by atoms with E-state index in [-0.39, 0.29) is 11.8 Å². The SMILES string of the molecule is CCCCCCCCCC(CS(C)(=O)=O)NCCC. The zero-order valence-corrected chi connectivity index (χ0v) is 13.9. The Labute approximate surface area is 120 Å². The van der Waals surface area contributed by atoms with E-state index in [0.29, 0.717) is 0 Å². The van der Waals surface area contributed by atoms with Crippen LogP contribution in [0, 0.1) is 0 Å². The standard InChI is InChI=1S/C15H33NO2S/c1-4-6-7-8-9-10-11-12-15(16-13-5-2)14-19(3,17)18/h15-16H,4-14H2,1-3H3.